The van der Waals surface area contributed by atoms with Crippen molar-refractivity contribution in [1.82, 2.24) is 9.97 Å². The Morgan fingerprint density at radius 3 is 2.94 bits per heavy atom. The van der Waals surface area contributed by atoms with Gasteiger partial charge >= 0.3 is 5.97 Å². The van der Waals surface area contributed by atoms with Crippen LogP contribution in [0.4, 0.5) is 0 Å². The maximum atomic E-state index is 10.9. The van der Waals surface area contributed by atoms with E-state index in [1.807, 2.05) is 0 Å². The lowest BCUT2D eigenvalue weighted by atomic mass is 10.2. The fourth-order valence-corrected chi connectivity index (χ4v) is 2.34. The molecule has 0 saturated carbocycles. The molecule has 0 unspecified atom stereocenters. The summed E-state index contributed by atoms with van der Waals surface area (Å²) in [6.07, 6.45) is 3.89. The Balaban J connectivity index is 2.50. The van der Waals surface area contributed by atoms with Crippen LogP contribution < -0.4 is 0 Å². The van der Waals surface area contributed by atoms with Gasteiger partial charge in [0.05, 0.1) is 5.69 Å². The summed E-state index contributed by atoms with van der Waals surface area (Å²) in [5.41, 5.74) is 0.816. The molecule has 5 heteroatoms. The Morgan fingerprint density at radius 1 is 1.56 bits per heavy atom. The van der Waals surface area contributed by atoms with Crippen molar-refractivity contribution in [2.45, 2.75) is 26.0 Å². The number of hydrogen-bond acceptors (Lipinski definition) is 4. The first kappa shape index (κ1) is 13.0. The summed E-state index contributed by atoms with van der Waals surface area (Å²) in [5, 5.41) is 8.92. The van der Waals surface area contributed by atoms with Gasteiger partial charge in [0.2, 0.25) is 0 Å². The first-order valence-electron chi connectivity index (χ1n) is 5.21. The van der Waals surface area contributed by atoms with Crippen molar-refractivity contribution in [3.05, 3.63) is 23.8 Å². The van der Waals surface area contributed by atoms with Crippen molar-refractivity contribution >= 4 is 17.7 Å². The third-order valence-corrected chi connectivity index (χ3v) is 3.11. The van der Waals surface area contributed by atoms with Crippen LogP contribution in [0.3, 0.4) is 0 Å². The van der Waals surface area contributed by atoms with Gasteiger partial charge in [-0.05, 0) is 18.1 Å². The van der Waals surface area contributed by atoms with Crippen LogP contribution in [-0.4, -0.2) is 26.8 Å². The van der Waals surface area contributed by atoms with Crippen LogP contribution in [-0.2, 0) is 5.75 Å². The predicted molar refractivity (Wildman–Crippen MR) is 64.6 cm³/mol. The number of carboxylic acids is 1. The summed E-state index contributed by atoms with van der Waals surface area (Å²) in [5.74, 6) is 1.38. The van der Waals surface area contributed by atoms with E-state index in [0.29, 0.717) is 17.4 Å². The second kappa shape index (κ2) is 6.48. The van der Waals surface area contributed by atoms with Gasteiger partial charge < -0.3 is 5.11 Å². The molecule has 88 valence electrons. The zero-order valence-corrected chi connectivity index (χ0v) is 10.3. The highest BCUT2D eigenvalue weighted by Gasteiger charge is 2.10. The molecule has 4 nitrogen and oxygen atoms in total. The van der Waals surface area contributed by atoms with E-state index >= 15 is 0 Å². The molecule has 0 fully saturated rings. The maximum absolute atomic E-state index is 10.9. The summed E-state index contributed by atoms with van der Waals surface area (Å²) < 4.78 is 0. The molecular weight excluding hydrogens is 224 g/mol. The number of carbonyl (C=O) groups is 1. The number of rotatable bonds is 6. The van der Waals surface area contributed by atoms with Crippen LogP contribution in [0.5, 0.6) is 0 Å². The van der Waals surface area contributed by atoms with Crippen LogP contribution in [0.1, 0.15) is 36.3 Å². The van der Waals surface area contributed by atoms with E-state index in [9.17, 15) is 4.79 Å². The average Bonchev–Trinajstić information content (AvgIpc) is 2.24. The van der Waals surface area contributed by atoms with Gasteiger partial charge in [0.15, 0.2) is 0 Å². The number of aromatic nitrogens is 2. The number of nitrogens with zero attached hydrogens (tertiary/aromatic N) is 2. The van der Waals surface area contributed by atoms with E-state index in [0.717, 1.165) is 12.2 Å². The first-order valence-corrected chi connectivity index (χ1v) is 6.36. The fourth-order valence-electron chi connectivity index (χ4n) is 1.14. The molecule has 1 rings (SSSR count). The van der Waals surface area contributed by atoms with Crippen LogP contribution in [0, 0.1) is 5.92 Å². The Bertz CT molecular complexity index is 356. The SMILES string of the molecule is CC(C)CCSCc1ncncc1C(=O)O. The lowest BCUT2D eigenvalue weighted by Crippen LogP contribution is -2.05. The molecule has 1 N–H and O–H groups in total. The topological polar surface area (TPSA) is 63.1 Å². The average molecular weight is 240 g/mol. The molecule has 0 saturated heterocycles. The Morgan fingerprint density at radius 2 is 2.31 bits per heavy atom. The fraction of sp³-hybridized carbons (Fsp3) is 0.545. The van der Waals surface area contributed by atoms with E-state index in [2.05, 4.69) is 23.8 Å². The van der Waals surface area contributed by atoms with Crippen molar-refractivity contribution in [1.29, 1.82) is 0 Å². The molecule has 0 radical (unpaired) electrons. The molecule has 0 atom stereocenters. The van der Waals surface area contributed by atoms with E-state index in [4.69, 9.17) is 5.11 Å². The molecule has 1 heterocycles. The molecule has 0 aromatic carbocycles. The molecule has 1 aromatic rings. The molecule has 0 spiro atoms. The summed E-state index contributed by atoms with van der Waals surface area (Å²) in [4.78, 5) is 18.6. The molecular formula is C11H16N2O2S. The van der Waals surface area contributed by atoms with Crippen molar-refractivity contribution in [3.8, 4) is 0 Å². The Kier molecular flexibility index (Phi) is 5.25. The number of aromatic carboxylic acids is 1. The van der Waals surface area contributed by atoms with Crippen LogP contribution in [0.2, 0.25) is 0 Å². The van der Waals surface area contributed by atoms with Crippen molar-refractivity contribution < 1.29 is 9.90 Å². The lowest BCUT2D eigenvalue weighted by molar-refractivity contribution is 0.0695. The maximum Gasteiger partial charge on any atom is 0.339 e. The lowest BCUT2D eigenvalue weighted by Gasteiger charge is -2.05. The summed E-state index contributed by atoms with van der Waals surface area (Å²) in [6, 6.07) is 0. The minimum Gasteiger partial charge on any atom is -0.478 e. The van der Waals surface area contributed by atoms with E-state index in [-0.39, 0.29) is 5.56 Å². The molecule has 0 bridgehead atoms. The van der Waals surface area contributed by atoms with Crippen molar-refractivity contribution in [3.63, 3.8) is 0 Å². The molecule has 0 aliphatic rings. The normalized spacial score (nSPS) is 10.7. The highest BCUT2D eigenvalue weighted by Crippen LogP contribution is 2.16. The minimum absolute atomic E-state index is 0.208. The van der Waals surface area contributed by atoms with Gasteiger partial charge in [-0.3, -0.25) is 0 Å². The smallest absolute Gasteiger partial charge is 0.339 e. The largest absolute Gasteiger partial charge is 0.478 e. The predicted octanol–water partition coefficient (Wildman–Crippen LogP) is 2.45. The monoisotopic (exact) mass is 240 g/mol. The van der Waals surface area contributed by atoms with Crippen LogP contribution >= 0.6 is 11.8 Å². The molecule has 0 aliphatic carbocycles. The van der Waals surface area contributed by atoms with E-state index in [1.54, 1.807) is 11.8 Å². The molecule has 0 aliphatic heterocycles. The van der Waals surface area contributed by atoms with Gasteiger partial charge in [0, 0.05) is 11.9 Å². The van der Waals surface area contributed by atoms with Gasteiger partial charge in [-0.25, -0.2) is 14.8 Å². The standard InChI is InChI=1S/C11H16N2O2S/c1-8(2)3-4-16-6-10-9(11(14)15)5-12-7-13-10/h5,7-8H,3-4,6H2,1-2H3,(H,14,15). The van der Waals surface area contributed by atoms with Crippen LogP contribution in [0.25, 0.3) is 0 Å². The van der Waals surface area contributed by atoms with Gasteiger partial charge in [0.1, 0.15) is 11.9 Å². The highest BCUT2D eigenvalue weighted by molar-refractivity contribution is 7.98. The van der Waals surface area contributed by atoms with Gasteiger partial charge in [0.25, 0.3) is 0 Å². The number of carboxylic acid groups (broad SMARTS) is 1. The number of hydrogen-bond donors (Lipinski definition) is 1. The van der Waals surface area contributed by atoms with E-state index < -0.39 is 5.97 Å². The number of thioether (sulfide) groups is 1. The second-order valence-electron chi connectivity index (χ2n) is 3.92. The Labute approximate surface area is 99.5 Å². The highest BCUT2D eigenvalue weighted by atomic mass is 32.2. The third kappa shape index (κ3) is 4.18. The third-order valence-electron chi connectivity index (χ3n) is 2.10. The zero-order chi connectivity index (χ0) is 12.0. The summed E-state index contributed by atoms with van der Waals surface area (Å²) in [6.45, 7) is 4.35. The quantitative estimate of drug-likeness (QED) is 0.774. The summed E-state index contributed by atoms with van der Waals surface area (Å²) >= 11 is 1.71. The van der Waals surface area contributed by atoms with Gasteiger partial charge in [-0.15, -0.1) is 0 Å². The molecule has 16 heavy (non-hydrogen) atoms. The molecule has 1 aromatic heterocycles. The van der Waals surface area contributed by atoms with Gasteiger partial charge in [-0.2, -0.15) is 11.8 Å². The van der Waals surface area contributed by atoms with E-state index in [1.165, 1.54) is 12.5 Å². The first-order chi connectivity index (χ1) is 7.61. The molecule has 0 amide bonds. The Hall–Kier alpha value is -1.10. The van der Waals surface area contributed by atoms with Crippen molar-refractivity contribution in [2.24, 2.45) is 5.92 Å². The second-order valence-corrected chi connectivity index (χ2v) is 5.03. The van der Waals surface area contributed by atoms with Crippen molar-refractivity contribution in [2.75, 3.05) is 5.75 Å². The zero-order valence-electron chi connectivity index (χ0n) is 9.51. The van der Waals surface area contributed by atoms with Crippen LogP contribution in [0.15, 0.2) is 12.5 Å². The summed E-state index contributed by atoms with van der Waals surface area (Å²) in [7, 11) is 0. The van der Waals surface area contributed by atoms with Gasteiger partial charge in [-0.1, -0.05) is 13.8 Å². The minimum atomic E-state index is -0.958.